The largest absolute Gasteiger partial charge is 0.548 e. The van der Waals surface area contributed by atoms with E-state index in [1.165, 1.54) is 0 Å². The molecule has 1 saturated heterocycles. The lowest BCUT2D eigenvalue weighted by atomic mass is 10.0. The van der Waals surface area contributed by atoms with Crippen LogP contribution >= 0.6 is 24.0 Å². The van der Waals surface area contributed by atoms with Gasteiger partial charge in [0.25, 0.3) is 5.24 Å². The maximum absolute atomic E-state index is 12.2. The second-order valence-corrected chi connectivity index (χ2v) is 6.71. The van der Waals surface area contributed by atoms with Crippen LogP contribution in [0, 0.1) is 5.92 Å². The quantitative estimate of drug-likeness (QED) is 0.599. The molecule has 122 valence electrons. The molecule has 0 spiro atoms. The van der Waals surface area contributed by atoms with Gasteiger partial charge in [-0.3, -0.25) is 9.69 Å². The van der Waals surface area contributed by atoms with Gasteiger partial charge < -0.3 is 14.6 Å². The first-order chi connectivity index (χ1) is 10.8. The molecular weight excluding hydrogens is 334 g/mol. The summed E-state index contributed by atoms with van der Waals surface area (Å²) in [7, 11) is 1.58. The maximum Gasteiger partial charge on any atom is 0.292 e. The average Bonchev–Trinajstić information content (AvgIpc) is 2.75. The van der Waals surface area contributed by atoms with Crippen molar-refractivity contribution in [3.63, 3.8) is 0 Å². The molecule has 1 aliphatic heterocycles. The summed E-state index contributed by atoms with van der Waals surface area (Å²) in [5.74, 6) is -0.881. The van der Waals surface area contributed by atoms with E-state index in [1.807, 2.05) is 12.1 Å². The van der Waals surface area contributed by atoms with Crippen molar-refractivity contribution in [1.29, 1.82) is 0 Å². The molecular formula is C16H16NO4S2-. The van der Waals surface area contributed by atoms with Crippen LogP contribution in [0.15, 0.2) is 29.2 Å². The van der Waals surface area contributed by atoms with Gasteiger partial charge in [-0.2, -0.15) is 0 Å². The minimum absolute atomic E-state index is 0.221. The van der Waals surface area contributed by atoms with Gasteiger partial charge in [0.15, 0.2) is 0 Å². The zero-order valence-corrected chi connectivity index (χ0v) is 14.6. The van der Waals surface area contributed by atoms with Gasteiger partial charge in [-0.05, 0) is 41.5 Å². The van der Waals surface area contributed by atoms with E-state index in [0.717, 1.165) is 28.0 Å². The summed E-state index contributed by atoms with van der Waals surface area (Å²) in [4.78, 5) is 25.4. The number of ether oxygens (including phenoxy) is 1. The van der Waals surface area contributed by atoms with Gasteiger partial charge in [0.1, 0.15) is 10.7 Å². The van der Waals surface area contributed by atoms with Crippen molar-refractivity contribution in [3.05, 3.63) is 34.7 Å². The molecule has 23 heavy (non-hydrogen) atoms. The molecule has 0 aliphatic carbocycles. The lowest BCUT2D eigenvalue weighted by Gasteiger charge is -2.30. The summed E-state index contributed by atoms with van der Waals surface area (Å²) < 4.78 is 5.09. The molecule has 1 fully saturated rings. The van der Waals surface area contributed by atoms with Crippen molar-refractivity contribution in [3.8, 4) is 5.75 Å². The van der Waals surface area contributed by atoms with Gasteiger partial charge in [0.2, 0.25) is 0 Å². The number of hydrogen-bond donors (Lipinski definition) is 0. The van der Waals surface area contributed by atoms with Crippen molar-refractivity contribution in [1.82, 2.24) is 4.90 Å². The maximum atomic E-state index is 12.2. The highest BCUT2D eigenvalue weighted by atomic mass is 32.2. The number of carboxylic acid groups (broad SMARTS) is 1. The number of benzene rings is 1. The zero-order valence-electron chi connectivity index (χ0n) is 12.9. The van der Waals surface area contributed by atoms with Gasteiger partial charge in [-0.15, -0.1) is 0 Å². The molecule has 0 radical (unpaired) electrons. The molecule has 0 saturated carbocycles. The summed E-state index contributed by atoms with van der Waals surface area (Å²) >= 11 is 6.24. The monoisotopic (exact) mass is 350 g/mol. The van der Waals surface area contributed by atoms with Gasteiger partial charge in [0.05, 0.1) is 24.0 Å². The molecule has 0 aromatic heterocycles. The molecule has 1 heterocycles. The minimum atomic E-state index is -1.30. The zero-order chi connectivity index (χ0) is 17.1. The molecule has 1 aliphatic rings. The molecule has 1 aromatic carbocycles. The van der Waals surface area contributed by atoms with Crippen LogP contribution in [0.3, 0.4) is 0 Å². The van der Waals surface area contributed by atoms with Crippen LogP contribution in [0.25, 0.3) is 6.08 Å². The third kappa shape index (κ3) is 3.73. The Morgan fingerprint density at radius 2 is 1.96 bits per heavy atom. The predicted molar refractivity (Wildman–Crippen MR) is 92.0 cm³/mol. The molecule has 1 atom stereocenters. The van der Waals surface area contributed by atoms with Crippen molar-refractivity contribution >= 4 is 46.3 Å². The summed E-state index contributed by atoms with van der Waals surface area (Å²) in [6, 6.07) is 6.20. The number of methoxy groups -OCH3 is 1. The Balaban J connectivity index is 2.29. The third-order valence-corrected chi connectivity index (χ3v) is 4.84. The number of aliphatic carboxylic acids is 1. The van der Waals surface area contributed by atoms with Gasteiger partial charge in [-0.1, -0.05) is 38.2 Å². The Bertz CT molecular complexity index is 667. The van der Waals surface area contributed by atoms with Crippen LogP contribution in [0.2, 0.25) is 0 Å². The Labute approximate surface area is 144 Å². The SMILES string of the molecule is COc1ccc(/C=C2\SC(=O)N([C@H](C(=O)[O-])C(C)C)C2=S)cc1. The number of carboxylic acids is 1. The summed E-state index contributed by atoms with van der Waals surface area (Å²) in [5.41, 5.74) is 0.847. The van der Waals surface area contributed by atoms with Gasteiger partial charge in [0, 0.05) is 0 Å². The average molecular weight is 350 g/mol. The first kappa shape index (κ1) is 17.5. The van der Waals surface area contributed by atoms with Gasteiger partial charge in [-0.25, -0.2) is 0 Å². The molecule has 7 heteroatoms. The highest BCUT2D eigenvalue weighted by molar-refractivity contribution is 8.19. The molecule has 1 amide bonds. The fourth-order valence-corrected chi connectivity index (χ4v) is 3.56. The fourth-order valence-electron chi connectivity index (χ4n) is 2.25. The van der Waals surface area contributed by atoms with E-state index in [2.05, 4.69) is 0 Å². The first-order valence-electron chi connectivity index (χ1n) is 6.97. The topological polar surface area (TPSA) is 69.7 Å². The van der Waals surface area contributed by atoms with Crippen LogP contribution in [-0.4, -0.2) is 34.2 Å². The molecule has 1 aromatic rings. The smallest absolute Gasteiger partial charge is 0.292 e. The number of rotatable bonds is 5. The lowest BCUT2D eigenvalue weighted by Crippen LogP contribution is -2.52. The highest BCUT2D eigenvalue weighted by Crippen LogP contribution is 2.36. The van der Waals surface area contributed by atoms with E-state index < -0.39 is 17.3 Å². The van der Waals surface area contributed by atoms with E-state index in [0.29, 0.717) is 4.91 Å². The molecule has 2 rings (SSSR count). The number of thiocarbonyl (C=S) groups is 1. The standard InChI is InChI=1S/C16H17NO4S2/c1-9(2)13(15(18)19)17-14(22)12(23-16(17)20)8-10-4-6-11(21-3)7-5-10/h4-9,13H,1-3H3,(H,18,19)/p-1/b12-8-/t13-/m0/s1. The van der Waals surface area contributed by atoms with E-state index in [9.17, 15) is 14.7 Å². The number of thioether (sulfide) groups is 1. The van der Waals surface area contributed by atoms with E-state index >= 15 is 0 Å². The number of amides is 1. The second kappa shape index (κ2) is 7.14. The summed E-state index contributed by atoms with van der Waals surface area (Å²) in [6.07, 6.45) is 1.76. The van der Waals surface area contributed by atoms with E-state index in [1.54, 1.807) is 39.2 Å². The van der Waals surface area contributed by atoms with E-state index in [-0.39, 0.29) is 10.9 Å². The third-order valence-electron chi connectivity index (χ3n) is 3.39. The first-order valence-corrected chi connectivity index (χ1v) is 8.19. The Morgan fingerprint density at radius 1 is 1.35 bits per heavy atom. The second-order valence-electron chi connectivity index (χ2n) is 5.33. The highest BCUT2D eigenvalue weighted by Gasteiger charge is 2.38. The molecule has 5 nitrogen and oxygen atoms in total. The van der Waals surface area contributed by atoms with Crippen LogP contribution in [-0.2, 0) is 4.79 Å². The lowest BCUT2D eigenvalue weighted by molar-refractivity contribution is -0.311. The Kier molecular flexibility index (Phi) is 5.43. The minimum Gasteiger partial charge on any atom is -0.548 e. The molecule has 0 N–H and O–H groups in total. The van der Waals surface area contributed by atoms with Crippen molar-refractivity contribution in [2.45, 2.75) is 19.9 Å². The Hall–Kier alpha value is -1.86. The number of nitrogens with zero attached hydrogens (tertiary/aromatic N) is 1. The van der Waals surface area contributed by atoms with Gasteiger partial charge >= 0.3 is 0 Å². The number of carbonyl (C=O) groups is 2. The van der Waals surface area contributed by atoms with Crippen LogP contribution < -0.4 is 9.84 Å². The predicted octanol–water partition coefficient (Wildman–Crippen LogP) is 2.31. The molecule has 0 bridgehead atoms. The summed E-state index contributed by atoms with van der Waals surface area (Å²) in [6.45, 7) is 3.43. The molecule has 0 unspecified atom stereocenters. The number of carbonyl (C=O) groups excluding carboxylic acids is 2. The van der Waals surface area contributed by atoms with Crippen LogP contribution in [0.4, 0.5) is 4.79 Å². The van der Waals surface area contributed by atoms with Crippen molar-refractivity contribution < 1.29 is 19.4 Å². The fraction of sp³-hybridized carbons (Fsp3) is 0.312. The van der Waals surface area contributed by atoms with Crippen LogP contribution in [0.1, 0.15) is 19.4 Å². The van der Waals surface area contributed by atoms with Crippen molar-refractivity contribution in [2.24, 2.45) is 5.92 Å². The summed E-state index contributed by atoms with van der Waals surface area (Å²) in [5, 5.41) is 11.0. The van der Waals surface area contributed by atoms with Crippen molar-refractivity contribution in [2.75, 3.05) is 7.11 Å². The van der Waals surface area contributed by atoms with E-state index in [4.69, 9.17) is 17.0 Å². The van der Waals surface area contributed by atoms with Crippen LogP contribution in [0.5, 0.6) is 5.75 Å². The Morgan fingerprint density at radius 3 is 2.43 bits per heavy atom. The number of hydrogen-bond acceptors (Lipinski definition) is 6. The normalized spacial score (nSPS) is 17.9.